The van der Waals surface area contributed by atoms with E-state index in [2.05, 4.69) is 26.6 Å². The van der Waals surface area contributed by atoms with Gasteiger partial charge >= 0.3 is 0 Å². The molecule has 2 amide bonds. The number of benzene rings is 2. The van der Waals surface area contributed by atoms with E-state index < -0.39 is 5.41 Å². The number of rotatable bonds is 2. The summed E-state index contributed by atoms with van der Waals surface area (Å²) in [6, 6.07) is 12.4. The van der Waals surface area contributed by atoms with E-state index >= 15 is 0 Å². The van der Waals surface area contributed by atoms with Crippen LogP contribution in [0.2, 0.25) is 0 Å². The Labute approximate surface area is 148 Å². The Balaban J connectivity index is 1.84. The van der Waals surface area contributed by atoms with Crippen LogP contribution in [0.15, 0.2) is 46.9 Å². The normalized spacial score (nSPS) is 15.5. The Hall–Kier alpha value is -2.34. The molecule has 0 fully saturated rings. The molecule has 2 aromatic carbocycles. The average Bonchev–Trinajstić information content (AvgIpc) is 2.64. The fourth-order valence-corrected chi connectivity index (χ4v) is 2.76. The third-order valence-corrected chi connectivity index (χ3v) is 4.50. The second-order valence-electron chi connectivity index (χ2n) is 6.27. The van der Waals surface area contributed by atoms with E-state index in [0.717, 1.165) is 4.47 Å². The first-order chi connectivity index (χ1) is 11.4. The number of nitrogens with one attached hydrogen (secondary N) is 2. The summed E-state index contributed by atoms with van der Waals surface area (Å²) in [5.74, 6) is 0.243. The van der Waals surface area contributed by atoms with Gasteiger partial charge in [0.1, 0.15) is 12.4 Å². The van der Waals surface area contributed by atoms with Gasteiger partial charge < -0.3 is 15.4 Å². The average molecular weight is 389 g/mol. The molecule has 124 valence electrons. The second-order valence-corrected chi connectivity index (χ2v) is 7.13. The van der Waals surface area contributed by atoms with Gasteiger partial charge in [0.05, 0.1) is 16.7 Å². The Kier molecular flexibility index (Phi) is 4.32. The number of anilines is 2. The maximum Gasteiger partial charge on any atom is 0.256 e. The van der Waals surface area contributed by atoms with Crippen LogP contribution in [0.4, 0.5) is 11.4 Å². The van der Waals surface area contributed by atoms with Gasteiger partial charge in [-0.3, -0.25) is 9.59 Å². The number of halogens is 1. The molecule has 2 N–H and O–H groups in total. The highest BCUT2D eigenvalue weighted by Crippen LogP contribution is 2.34. The SMILES string of the molecule is CC1(C)COc2ccc(NC(=O)c3ccccc3Br)cc2NC1=O. The standard InChI is InChI=1S/C18H17BrN2O3/c1-18(2)10-24-15-8-7-11(9-14(15)21-17(18)23)20-16(22)12-5-3-4-6-13(12)19/h3-9H,10H2,1-2H3,(H,20,22)(H,21,23). The molecule has 3 rings (SSSR count). The monoisotopic (exact) mass is 388 g/mol. The topological polar surface area (TPSA) is 67.4 Å². The number of ether oxygens (including phenoxy) is 1. The summed E-state index contributed by atoms with van der Waals surface area (Å²) >= 11 is 3.36. The van der Waals surface area contributed by atoms with Gasteiger partial charge in [-0.25, -0.2) is 0 Å². The minimum atomic E-state index is -0.614. The summed E-state index contributed by atoms with van der Waals surface area (Å²) in [5.41, 5.74) is 1.06. The van der Waals surface area contributed by atoms with Gasteiger partial charge in [0.2, 0.25) is 5.91 Å². The van der Waals surface area contributed by atoms with Crippen molar-refractivity contribution < 1.29 is 14.3 Å². The summed E-state index contributed by atoms with van der Waals surface area (Å²) in [4.78, 5) is 24.6. The van der Waals surface area contributed by atoms with Gasteiger partial charge in [0, 0.05) is 10.2 Å². The molecule has 6 heteroatoms. The Morgan fingerprint density at radius 3 is 2.75 bits per heavy atom. The van der Waals surface area contributed by atoms with Crippen LogP contribution in [0, 0.1) is 5.41 Å². The molecule has 0 atom stereocenters. The van der Waals surface area contributed by atoms with E-state index in [-0.39, 0.29) is 11.8 Å². The maximum atomic E-state index is 12.4. The highest BCUT2D eigenvalue weighted by Gasteiger charge is 2.32. The molecule has 1 aliphatic rings. The van der Waals surface area contributed by atoms with Crippen molar-refractivity contribution in [1.29, 1.82) is 0 Å². The lowest BCUT2D eigenvalue weighted by Crippen LogP contribution is -2.33. The van der Waals surface area contributed by atoms with Gasteiger partial charge in [-0.2, -0.15) is 0 Å². The van der Waals surface area contributed by atoms with Gasteiger partial charge in [-0.1, -0.05) is 12.1 Å². The van der Waals surface area contributed by atoms with Gasteiger partial charge in [0.25, 0.3) is 5.91 Å². The Morgan fingerprint density at radius 1 is 1.25 bits per heavy atom. The van der Waals surface area contributed by atoms with Crippen molar-refractivity contribution in [3.05, 3.63) is 52.5 Å². The van der Waals surface area contributed by atoms with Crippen molar-refractivity contribution in [2.45, 2.75) is 13.8 Å². The van der Waals surface area contributed by atoms with E-state index in [1.165, 1.54) is 0 Å². The van der Waals surface area contributed by atoms with Crippen LogP contribution in [-0.4, -0.2) is 18.4 Å². The second kappa shape index (κ2) is 6.28. The zero-order valence-corrected chi connectivity index (χ0v) is 14.9. The third-order valence-electron chi connectivity index (χ3n) is 3.81. The molecule has 0 aliphatic carbocycles. The molecule has 0 aromatic heterocycles. The van der Waals surface area contributed by atoms with E-state index in [4.69, 9.17) is 4.74 Å². The highest BCUT2D eigenvalue weighted by atomic mass is 79.9. The van der Waals surface area contributed by atoms with Gasteiger partial charge in [-0.05, 0) is 60.1 Å². The number of amides is 2. The van der Waals surface area contributed by atoms with Gasteiger partial charge in [-0.15, -0.1) is 0 Å². The Bertz CT molecular complexity index is 818. The quantitative estimate of drug-likeness (QED) is 0.814. The molecule has 1 heterocycles. The molecule has 0 unspecified atom stereocenters. The first kappa shape index (κ1) is 16.5. The number of carbonyl (C=O) groups is 2. The van der Waals surface area contributed by atoms with Crippen molar-refractivity contribution in [3.8, 4) is 5.75 Å². The summed E-state index contributed by atoms with van der Waals surface area (Å²) in [5, 5.41) is 5.68. The molecule has 1 aliphatic heterocycles. The van der Waals surface area contributed by atoms with E-state index in [9.17, 15) is 9.59 Å². The zero-order valence-electron chi connectivity index (χ0n) is 13.4. The first-order valence-corrected chi connectivity index (χ1v) is 8.30. The van der Waals surface area contributed by atoms with Crippen LogP contribution in [0.1, 0.15) is 24.2 Å². The largest absolute Gasteiger partial charge is 0.490 e. The summed E-state index contributed by atoms with van der Waals surface area (Å²) in [6.45, 7) is 3.95. The smallest absolute Gasteiger partial charge is 0.256 e. The van der Waals surface area contributed by atoms with Crippen LogP contribution in [-0.2, 0) is 4.79 Å². The third kappa shape index (κ3) is 3.28. The van der Waals surface area contributed by atoms with Crippen LogP contribution >= 0.6 is 15.9 Å². The molecule has 2 aromatic rings. The minimum absolute atomic E-state index is 0.115. The van der Waals surface area contributed by atoms with Crippen LogP contribution in [0.3, 0.4) is 0 Å². The van der Waals surface area contributed by atoms with Crippen LogP contribution in [0.5, 0.6) is 5.75 Å². The highest BCUT2D eigenvalue weighted by molar-refractivity contribution is 9.10. The van der Waals surface area contributed by atoms with Crippen molar-refractivity contribution in [2.24, 2.45) is 5.41 Å². The molecule has 0 radical (unpaired) electrons. The Morgan fingerprint density at radius 2 is 2.00 bits per heavy atom. The number of hydrogen-bond donors (Lipinski definition) is 2. The lowest BCUT2D eigenvalue weighted by atomic mass is 9.94. The lowest BCUT2D eigenvalue weighted by Gasteiger charge is -2.18. The molecule has 0 bridgehead atoms. The number of fused-ring (bicyclic) bond motifs is 1. The van der Waals surface area contributed by atoms with Crippen molar-refractivity contribution in [1.82, 2.24) is 0 Å². The van der Waals surface area contributed by atoms with Crippen molar-refractivity contribution >= 4 is 39.1 Å². The molecule has 0 saturated carbocycles. The molecule has 0 saturated heterocycles. The molecule has 5 nitrogen and oxygen atoms in total. The number of carbonyl (C=O) groups excluding carboxylic acids is 2. The molecular weight excluding hydrogens is 372 g/mol. The van der Waals surface area contributed by atoms with Crippen molar-refractivity contribution in [3.63, 3.8) is 0 Å². The van der Waals surface area contributed by atoms with E-state index in [1.807, 2.05) is 26.0 Å². The van der Waals surface area contributed by atoms with Gasteiger partial charge in [0.15, 0.2) is 0 Å². The molecular formula is C18H17BrN2O3. The summed E-state index contributed by atoms with van der Waals surface area (Å²) in [6.07, 6.45) is 0. The fraction of sp³-hybridized carbons (Fsp3) is 0.222. The first-order valence-electron chi connectivity index (χ1n) is 7.51. The molecule has 0 spiro atoms. The number of hydrogen-bond acceptors (Lipinski definition) is 3. The maximum absolute atomic E-state index is 12.4. The predicted molar refractivity (Wildman–Crippen MR) is 96.4 cm³/mol. The summed E-state index contributed by atoms with van der Waals surface area (Å²) in [7, 11) is 0. The lowest BCUT2D eigenvalue weighted by molar-refractivity contribution is -0.124. The van der Waals surface area contributed by atoms with Crippen LogP contribution < -0.4 is 15.4 Å². The predicted octanol–water partition coefficient (Wildman–Crippen LogP) is 4.06. The van der Waals surface area contributed by atoms with Crippen molar-refractivity contribution in [2.75, 3.05) is 17.2 Å². The van der Waals surface area contributed by atoms with Crippen LogP contribution in [0.25, 0.3) is 0 Å². The van der Waals surface area contributed by atoms with E-state index in [1.54, 1.807) is 30.3 Å². The fourth-order valence-electron chi connectivity index (χ4n) is 2.29. The summed E-state index contributed by atoms with van der Waals surface area (Å²) < 4.78 is 6.41. The van der Waals surface area contributed by atoms with E-state index in [0.29, 0.717) is 29.3 Å². The molecule has 24 heavy (non-hydrogen) atoms. The minimum Gasteiger partial charge on any atom is -0.490 e. The zero-order chi connectivity index (χ0) is 17.3.